The number of anilines is 1. The van der Waals surface area contributed by atoms with Crippen LogP contribution in [0.25, 0.3) is 0 Å². The maximum atomic E-state index is 12.4. The zero-order chi connectivity index (χ0) is 16.4. The molecule has 0 saturated carbocycles. The van der Waals surface area contributed by atoms with Crippen molar-refractivity contribution in [3.05, 3.63) is 24.3 Å². The average molecular weight is 324 g/mol. The highest BCUT2D eigenvalue weighted by Crippen LogP contribution is 2.30. The van der Waals surface area contributed by atoms with Crippen molar-refractivity contribution in [3.63, 3.8) is 0 Å². The topological polar surface area (TPSA) is 66.5 Å². The maximum absolute atomic E-state index is 12.4. The van der Waals surface area contributed by atoms with E-state index in [0.717, 1.165) is 12.1 Å². The van der Waals surface area contributed by atoms with Crippen LogP contribution < -0.4 is 5.32 Å². The Kier molecular flexibility index (Phi) is 4.87. The summed E-state index contributed by atoms with van der Waals surface area (Å²) < 4.78 is 59.5. The third-order valence-corrected chi connectivity index (χ3v) is 4.17. The van der Waals surface area contributed by atoms with Crippen molar-refractivity contribution in [3.8, 4) is 0 Å². The van der Waals surface area contributed by atoms with Gasteiger partial charge in [-0.3, -0.25) is 4.79 Å². The molecule has 0 aliphatic heterocycles. The van der Waals surface area contributed by atoms with Crippen LogP contribution in [0.15, 0.2) is 29.2 Å². The van der Waals surface area contributed by atoms with Crippen molar-refractivity contribution in [2.75, 3.05) is 19.4 Å². The molecule has 0 heterocycles. The quantitative estimate of drug-likeness (QED) is 0.918. The lowest BCUT2D eigenvalue weighted by molar-refractivity contribution is -0.129. The largest absolute Gasteiger partial charge is 0.501 e. The standard InChI is InChI=1S/C12H15F3N2O3S/c1-8(11(18)17(2)3)16-9-4-6-10(7-5-9)21(19,20)12(13,14)15/h4-8,16H,1-3H3/t8-/m0/s1. The molecule has 1 amide bonds. The SMILES string of the molecule is C[C@H](Nc1ccc(S(=O)(=O)C(F)(F)F)cc1)C(=O)N(C)C. The first-order valence-corrected chi connectivity index (χ1v) is 7.34. The van der Waals surface area contributed by atoms with Crippen LogP contribution in [0.1, 0.15) is 6.92 Å². The molecule has 1 rings (SSSR count). The first-order chi connectivity index (χ1) is 9.46. The monoisotopic (exact) mass is 324 g/mol. The number of amides is 1. The molecule has 1 N–H and O–H groups in total. The summed E-state index contributed by atoms with van der Waals surface area (Å²) in [4.78, 5) is 12.1. The molecule has 9 heteroatoms. The van der Waals surface area contributed by atoms with E-state index < -0.39 is 26.3 Å². The molecule has 1 aromatic rings. The molecule has 0 unspecified atom stereocenters. The van der Waals surface area contributed by atoms with Crippen molar-refractivity contribution in [2.24, 2.45) is 0 Å². The molecule has 0 aromatic heterocycles. The van der Waals surface area contributed by atoms with Gasteiger partial charge in [-0.05, 0) is 31.2 Å². The lowest BCUT2D eigenvalue weighted by atomic mass is 10.2. The second kappa shape index (κ2) is 5.92. The van der Waals surface area contributed by atoms with Crippen molar-refractivity contribution in [1.29, 1.82) is 0 Å². The molecule has 0 spiro atoms. The van der Waals surface area contributed by atoms with E-state index in [1.54, 1.807) is 21.0 Å². The highest BCUT2D eigenvalue weighted by molar-refractivity contribution is 7.92. The second-order valence-electron chi connectivity index (χ2n) is 4.57. The molecule has 1 atom stereocenters. The first kappa shape index (κ1) is 17.3. The lowest BCUT2D eigenvalue weighted by Crippen LogP contribution is -2.36. The summed E-state index contributed by atoms with van der Waals surface area (Å²) in [6.07, 6.45) is 0. The maximum Gasteiger partial charge on any atom is 0.501 e. The van der Waals surface area contributed by atoms with Gasteiger partial charge in [-0.15, -0.1) is 0 Å². The number of halogens is 3. The molecule has 0 aliphatic carbocycles. The van der Waals surface area contributed by atoms with Gasteiger partial charge in [0.25, 0.3) is 9.84 Å². The molecule has 5 nitrogen and oxygen atoms in total. The minimum Gasteiger partial charge on any atom is -0.374 e. The Hall–Kier alpha value is -1.77. The number of nitrogens with one attached hydrogen (secondary N) is 1. The van der Waals surface area contributed by atoms with Crippen LogP contribution in [0.4, 0.5) is 18.9 Å². The highest BCUT2D eigenvalue weighted by atomic mass is 32.2. The number of sulfone groups is 1. The Bertz CT molecular complexity index is 610. The number of benzene rings is 1. The summed E-state index contributed by atoms with van der Waals surface area (Å²) >= 11 is 0. The van der Waals surface area contributed by atoms with Gasteiger partial charge in [0.15, 0.2) is 0 Å². The van der Waals surface area contributed by atoms with Gasteiger partial charge in [0.2, 0.25) is 5.91 Å². The Morgan fingerprint density at radius 3 is 2.05 bits per heavy atom. The fourth-order valence-corrected chi connectivity index (χ4v) is 2.32. The predicted molar refractivity (Wildman–Crippen MR) is 71.5 cm³/mol. The number of carbonyl (C=O) groups is 1. The van der Waals surface area contributed by atoms with E-state index in [1.807, 2.05) is 0 Å². The van der Waals surface area contributed by atoms with E-state index in [4.69, 9.17) is 0 Å². The summed E-state index contributed by atoms with van der Waals surface area (Å²) in [6, 6.07) is 3.46. The first-order valence-electron chi connectivity index (χ1n) is 5.86. The summed E-state index contributed by atoms with van der Waals surface area (Å²) in [5.41, 5.74) is -4.99. The van der Waals surface area contributed by atoms with Crippen LogP contribution >= 0.6 is 0 Å². The molecule has 0 saturated heterocycles. The van der Waals surface area contributed by atoms with Crippen LogP contribution in [0, 0.1) is 0 Å². The number of hydrogen-bond donors (Lipinski definition) is 1. The lowest BCUT2D eigenvalue weighted by Gasteiger charge is -2.19. The van der Waals surface area contributed by atoms with Gasteiger partial charge < -0.3 is 10.2 Å². The van der Waals surface area contributed by atoms with Gasteiger partial charge in [0.05, 0.1) is 4.90 Å². The van der Waals surface area contributed by atoms with Crippen LogP contribution in [0.3, 0.4) is 0 Å². The molecule has 0 radical (unpaired) electrons. The highest BCUT2D eigenvalue weighted by Gasteiger charge is 2.46. The van der Waals surface area contributed by atoms with E-state index in [2.05, 4.69) is 5.32 Å². The Balaban J connectivity index is 2.92. The van der Waals surface area contributed by atoms with Gasteiger partial charge in [0.1, 0.15) is 6.04 Å². The minimum absolute atomic E-state index is 0.220. The number of hydrogen-bond acceptors (Lipinski definition) is 4. The summed E-state index contributed by atoms with van der Waals surface area (Å²) in [5.74, 6) is -0.220. The molecule has 0 bridgehead atoms. The fraction of sp³-hybridized carbons (Fsp3) is 0.417. The molecular weight excluding hydrogens is 309 g/mol. The van der Waals surface area contributed by atoms with Crippen LogP contribution in [0.5, 0.6) is 0 Å². The van der Waals surface area contributed by atoms with E-state index >= 15 is 0 Å². The Morgan fingerprint density at radius 1 is 1.19 bits per heavy atom. The third-order valence-electron chi connectivity index (χ3n) is 2.66. The minimum atomic E-state index is -5.35. The Labute approximate surface area is 120 Å². The van der Waals surface area contributed by atoms with Gasteiger partial charge >= 0.3 is 5.51 Å². The summed E-state index contributed by atoms with van der Waals surface area (Å²) in [6.45, 7) is 1.59. The number of carbonyl (C=O) groups excluding carboxylic acids is 1. The normalized spacial score (nSPS) is 13.6. The second-order valence-corrected chi connectivity index (χ2v) is 6.51. The molecular formula is C12H15F3N2O3S. The van der Waals surface area contributed by atoms with Crippen molar-refractivity contribution >= 4 is 21.4 Å². The van der Waals surface area contributed by atoms with E-state index in [0.29, 0.717) is 5.69 Å². The molecule has 118 valence electrons. The van der Waals surface area contributed by atoms with Crippen molar-refractivity contribution in [2.45, 2.75) is 23.4 Å². The van der Waals surface area contributed by atoms with E-state index in [-0.39, 0.29) is 5.91 Å². The molecule has 0 aliphatic rings. The third kappa shape index (κ3) is 3.87. The van der Waals surface area contributed by atoms with Gasteiger partial charge in [-0.1, -0.05) is 0 Å². The zero-order valence-electron chi connectivity index (χ0n) is 11.6. The number of rotatable bonds is 4. The van der Waals surface area contributed by atoms with Crippen LogP contribution in [-0.2, 0) is 14.6 Å². The van der Waals surface area contributed by atoms with Crippen molar-refractivity contribution in [1.82, 2.24) is 4.90 Å². The predicted octanol–water partition coefficient (Wildman–Crippen LogP) is 1.87. The van der Waals surface area contributed by atoms with Crippen LogP contribution in [-0.4, -0.2) is 44.9 Å². The van der Waals surface area contributed by atoms with Gasteiger partial charge in [-0.25, -0.2) is 8.42 Å². The summed E-state index contributed by atoms with van der Waals surface area (Å²) in [7, 11) is -2.22. The van der Waals surface area contributed by atoms with Gasteiger partial charge in [0, 0.05) is 19.8 Å². The zero-order valence-corrected chi connectivity index (χ0v) is 12.4. The number of alkyl halides is 3. The smallest absolute Gasteiger partial charge is 0.374 e. The molecule has 0 fully saturated rings. The molecule has 21 heavy (non-hydrogen) atoms. The average Bonchev–Trinajstić information content (AvgIpc) is 2.36. The fourth-order valence-electron chi connectivity index (χ4n) is 1.56. The number of nitrogens with zero attached hydrogens (tertiary/aromatic N) is 1. The van der Waals surface area contributed by atoms with E-state index in [1.165, 1.54) is 17.0 Å². The molecule has 1 aromatic carbocycles. The van der Waals surface area contributed by atoms with Crippen molar-refractivity contribution < 1.29 is 26.4 Å². The van der Waals surface area contributed by atoms with Gasteiger partial charge in [-0.2, -0.15) is 13.2 Å². The number of likely N-dealkylation sites (N-methyl/N-ethyl adjacent to an activating group) is 1. The van der Waals surface area contributed by atoms with E-state index in [9.17, 15) is 26.4 Å². The van der Waals surface area contributed by atoms with Crippen LogP contribution in [0.2, 0.25) is 0 Å². The summed E-state index contributed by atoms with van der Waals surface area (Å²) in [5, 5.41) is 2.77. The Morgan fingerprint density at radius 2 is 1.67 bits per heavy atom.